The first kappa shape index (κ1) is 22.0. The van der Waals surface area contributed by atoms with Crippen LogP contribution in [-0.2, 0) is 6.54 Å². The number of pyridine rings is 1. The predicted molar refractivity (Wildman–Crippen MR) is 124 cm³/mol. The maximum Gasteiger partial charge on any atom is 0.271 e. The molecule has 1 amide bonds. The van der Waals surface area contributed by atoms with Crippen LogP contribution in [0.5, 0.6) is 11.5 Å². The maximum absolute atomic E-state index is 15.1. The fourth-order valence-electron chi connectivity index (χ4n) is 2.84. The summed E-state index contributed by atoms with van der Waals surface area (Å²) < 4.78 is 20.6. The number of anilines is 1. The minimum Gasteiger partial charge on any atom is -0.453 e. The van der Waals surface area contributed by atoms with Gasteiger partial charge in [-0.1, -0.05) is 29.3 Å². The van der Waals surface area contributed by atoms with E-state index in [-0.39, 0.29) is 34.3 Å². The van der Waals surface area contributed by atoms with E-state index < -0.39 is 11.7 Å². The Kier molecular flexibility index (Phi) is 6.55. The maximum atomic E-state index is 15.1. The van der Waals surface area contributed by atoms with Gasteiger partial charge >= 0.3 is 0 Å². The van der Waals surface area contributed by atoms with Gasteiger partial charge in [-0.15, -0.1) is 11.3 Å². The minimum atomic E-state index is -0.702. The molecule has 0 spiro atoms. The number of carbonyl (C=O) groups excluding carboxylic acids is 1. The van der Waals surface area contributed by atoms with Crippen LogP contribution in [0.3, 0.4) is 0 Å². The second-order valence-electron chi connectivity index (χ2n) is 6.63. The van der Waals surface area contributed by atoms with Crippen LogP contribution in [0.2, 0.25) is 10.0 Å². The smallest absolute Gasteiger partial charge is 0.271 e. The second-order valence-corrected chi connectivity index (χ2v) is 8.33. The summed E-state index contributed by atoms with van der Waals surface area (Å²) in [7, 11) is 0. The average molecular weight is 489 g/mol. The Bertz CT molecular complexity index is 1260. The van der Waals surface area contributed by atoms with E-state index in [9.17, 15) is 4.79 Å². The SMILES string of the molecule is Nc1cc(Cl)cc(Oc2c(Cl)ccc(CNC(=O)c3csc(-c4ccncc4)n3)c2F)c1. The number of rotatable bonds is 6. The number of aromatic nitrogens is 2. The molecule has 0 unspecified atom stereocenters. The summed E-state index contributed by atoms with van der Waals surface area (Å²) in [5.41, 5.74) is 7.40. The van der Waals surface area contributed by atoms with Crippen LogP contribution in [0.4, 0.5) is 10.1 Å². The van der Waals surface area contributed by atoms with E-state index in [1.54, 1.807) is 29.9 Å². The van der Waals surface area contributed by atoms with Gasteiger partial charge in [-0.3, -0.25) is 9.78 Å². The molecule has 0 saturated carbocycles. The van der Waals surface area contributed by atoms with Gasteiger partial charge in [-0.2, -0.15) is 0 Å². The number of amides is 1. The van der Waals surface area contributed by atoms with E-state index in [2.05, 4.69) is 15.3 Å². The topological polar surface area (TPSA) is 90.1 Å². The van der Waals surface area contributed by atoms with Crippen LogP contribution in [0.1, 0.15) is 16.1 Å². The molecule has 0 fully saturated rings. The first-order valence-electron chi connectivity index (χ1n) is 9.25. The van der Waals surface area contributed by atoms with E-state index in [1.807, 2.05) is 0 Å². The number of benzene rings is 2. The number of nitrogen functional groups attached to an aromatic ring is 1. The number of halogens is 3. The third kappa shape index (κ3) is 4.99. The molecule has 0 saturated heterocycles. The molecule has 162 valence electrons. The van der Waals surface area contributed by atoms with Crippen molar-refractivity contribution in [3.8, 4) is 22.1 Å². The third-order valence-electron chi connectivity index (χ3n) is 4.35. The minimum absolute atomic E-state index is 0.0672. The number of ether oxygens (including phenoxy) is 1. The van der Waals surface area contributed by atoms with Crippen molar-refractivity contribution in [2.24, 2.45) is 0 Å². The fourth-order valence-corrected chi connectivity index (χ4v) is 4.06. The number of nitrogens with zero attached hydrogens (tertiary/aromatic N) is 2. The summed E-state index contributed by atoms with van der Waals surface area (Å²) in [6, 6.07) is 11.1. The second kappa shape index (κ2) is 9.52. The fraction of sp³-hybridized carbons (Fsp3) is 0.0455. The van der Waals surface area contributed by atoms with Gasteiger partial charge in [0, 0.05) is 52.2 Å². The number of thiazole rings is 1. The van der Waals surface area contributed by atoms with Gasteiger partial charge in [0.25, 0.3) is 5.91 Å². The molecule has 0 atom stereocenters. The average Bonchev–Trinajstić information content (AvgIpc) is 3.26. The first-order valence-corrected chi connectivity index (χ1v) is 10.9. The van der Waals surface area contributed by atoms with Crippen molar-refractivity contribution < 1.29 is 13.9 Å². The number of hydrogen-bond donors (Lipinski definition) is 2. The van der Waals surface area contributed by atoms with Gasteiger partial charge < -0.3 is 15.8 Å². The summed E-state index contributed by atoms with van der Waals surface area (Å²) in [5.74, 6) is -1.08. The highest BCUT2D eigenvalue weighted by molar-refractivity contribution is 7.13. The highest BCUT2D eigenvalue weighted by Gasteiger charge is 2.17. The van der Waals surface area contributed by atoms with Gasteiger partial charge in [0.15, 0.2) is 11.6 Å². The molecule has 4 rings (SSSR count). The standard InChI is InChI=1S/C22H15Cl2FN4O2S/c23-14-7-15(26)9-16(8-14)31-20-17(24)2-1-13(19(20)25)10-28-21(30)18-11-32-22(29-18)12-3-5-27-6-4-12/h1-9,11H,10,26H2,(H,28,30). The van der Waals surface area contributed by atoms with Gasteiger partial charge in [-0.05, 0) is 30.3 Å². The normalized spacial score (nSPS) is 10.7. The lowest BCUT2D eigenvalue weighted by Crippen LogP contribution is -2.23. The van der Waals surface area contributed by atoms with Crippen molar-refractivity contribution in [1.29, 1.82) is 0 Å². The van der Waals surface area contributed by atoms with Crippen molar-refractivity contribution >= 4 is 46.1 Å². The van der Waals surface area contributed by atoms with E-state index in [0.717, 1.165) is 5.56 Å². The molecule has 32 heavy (non-hydrogen) atoms. The summed E-state index contributed by atoms with van der Waals surface area (Å²) in [4.78, 5) is 20.8. The van der Waals surface area contributed by atoms with Crippen molar-refractivity contribution in [2.45, 2.75) is 6.54 Å². The van der Waals surface area contributed by atoms with Crippen LogP contribution in [0.25, 0.3) is 10.6 Å². The van der Waals surface area contributed by atoms with Crippen LogP contribution >= 0.6 is 34.5 Å². The number of carbonyl (C=O) groups is 1. The molecule has 2 aromatic heterocycles. The highest BCUT2D eigenvalue weighted by Crippen LogP contribution is 2.35. The molecule has 0 aliphatic carbocycles. The molecule has 4 aromatic rings. The van der Waals surface area contributed by atoms with E-state index in [0.29, 0.717) is 15.7 Å². The molecule has 0 aliphatic rings. The van der Waals surface area contributed by atoms with Gasteiger partial charge in [0.05, 0.1) is 5.02 Å². The Morgan fingerprint density at radius 1 is 1.16 bits per heavy atom. The summed E-state index contributed by atoms with van der Waals surface area (Å²) in [5, 5.41) is 5.40. The molecule has 10 heteroatoms. The van der Waals surface area contributed by atoms with Crippen molar-refractivity contribution in [1.82, 2.24) is 15.3 Å². The van der Waals surface area contributed by atoms with Crippen molar-refractivity contribution in [3.63, 3.8) is 0 Å². The number of hydrogen-bond acceptors (Lipinski definition) is 6. The summed E-state index contributed by atoms with van der Waals surface area (Å²) in [6.45, 7) is -0.0853. The lowest BCUT2D eigenvalue weighted by Gasteiger charge is -2.13. The van der Waals surface area contributed by atoms with Crippen LogP contribution in [-0.4, -0.2) is 15.9 Å². The largest absolute Gasteiger partial charge is 0.453 e. The predicted octanol–water partition coefficient (Wildman–Crippen LogP) is 5.96. The Balaban J connectivity index is 1.48. The summed E-state index contributed by atoms with van der Waals surface area (Å²) >= 11 is 13.4. The van der Waals surface area contributed by atoms with E-state index in [4.69, 9.17) is 33.7 Å². The van der Waals surface area contributed by atoms with Crippen LogP contribution in [0.15, 0.2) is 60.2 Å². The monoisotopic (exact) mass is 488 g/mol. The first-order chi connectivity index (χ1) is 15.4. The zero-order valence-corrected chi connectivity index (χ0v) is 18.6. The number of nitrogens with two attached hydrogens (primary N) is 1. The molecule has 2 heterocycles. The van der Waals surface area contributed by atoms with Gasteiger partial charge in [0.2, 0.25) is 0 Å². The van der Waals surface area contributed by atoms with Crippen LogP contribution in [0, 0.1) is 5.82 Å². The molecule has 2 aromatic carbocycles. The Hall–Kier alpha value is -3.20. The van der Waals surface area contributed by atoms with E-state index in [1.165, 1.54) is 41.7 Å². The molecular formula is C22H15Cl2FN4O2S. The molecule has 0 aliphatic heterocycles. The molecular weight excluding hydrogens is 474 g/mol. The highest BCUT2D eigenvalue weighted by atomic mass is 35.5. The molecule has 0 radical (unpaired) electrons. The quantitative estimate of drug-likeness (QED) is 0.327. The molecule has 0 bridgehead atoms. The Morgan fingerprint density at radius 2 is 1.94 bits per heavy atom. The zero-order valence-electron chi connectivity index (χ0n) is 16.3. The Morgan fingerprint density at radius 3 is 2.69 bits per heavy atom. The van der Waals surface area contributed by atoms with Crippen LogP contribution < -0.4 is 15.8 Å². The molecule has 3 N–H and O–H groups in total. The van der Waals surface area contributed by atoms with Crippen molar-refractivity contribution in [2.75, 3.05) is 5.73 Å². The lowest BCUT2D eigenvalue weighted by atomic mass is 10.2. The third-order valence-corrected chi connectivity index (χ3v) is 5.75. The number of nitrogens with one attached hydrogen (secondary N) is 1. The Labute approximate surface area is 196 Å². The van der Waals surface area contributed by atoms with Gasteiger partial charge in [0.1, 0.15) is 16.5 Å². The van der Waals surface area contributed by atoms with Crippen molar-refractivity contribution in [3.05, 3.63) is 87.4 Å². The molecule has 6 nitrogen and oxygen atoms in total. The lowest BCUT2D eigenvalue weighted by molar-refractivity contribution is 0.0946. The van der Waals surface area contributed by atoms with Gasteiger partial charge in [-0.25, -0.2) is 9.37 Å². The zero-order chi connectivity index (χ0) is 22.7. The van der Waals surface area contributed by atoms with E-state index >= 15 is 4.39 Å². The summed E-state index contributed by atoms with van der Waals surface area (Å²) in [6.07, 6.45) is 3.30.